The van der Waals surface area contributed by atoms with Gasteiger partial charge in [-0.2, -0.15) is 0 Å². The SMILES string of the molecule is CN(C)CC1CCNCC1N(C)CCO. The third-order valence-electron chi connectivity index (χ3n) is 3.21. The molecule has 2 N–H and O–H groups in total. The number of hydrogen-bond donors (Lipinski definition) is 2. The lowest BCUT2D eigenvalue weighted by Crippen LogP contribution is -2.52. The highest BCUT2D eigenvalue weighted by atomic mass is 16.3. The molecule has 90 valence electrons. The van der Waals surface area contributed by atoms with Gasteiger partial charge in [0.1, 0.15) is 0 Å². The van der Waals surface area contributed by atoms with Gasteiger partial charge in [-0.25, -0.2) is 0 Å². The van der Waals surface area contributed by atoms with Crippen LogP contribution in [-0.4, -0.2) is 74.9 Å². The molecule has 4 heteroatoms. The number of aliphatic hydroxyl groups is 1. The fourth-order valence-electron chi connectivity index (χ4n) is 2.42. The first-order chi connectivity index (χ1) is 7.15. The van der Waals surface area contributed by atoms with Crippen molar-refractivity contribution in [3.05, 3.63) is 0 Å². The van der Waals surface area contributed by atoms with Crippen LogP contribution in [-0.2, 0) is 0 Å². The van der Waals surface area contributed by atoms with E-state index in [4.69, 9.17) is 5.11 Å². The molecule has 0 aromatic carbocycles. The van der Waals surface area contributed by atoms with E-state index in [9.17, 15) is 0 Å². The van der Waals surface area contributed by atoms with Gasteiger partial charge in [0, 0.05) is 25.7 Å². The molecule has 1 saturated heterocycles. The molecule has 4 nitrogen and oxygen atoms in total. The summed E-state index contributed by atoms with van der Waals surface area (Å²) in [4.78, 5) is 4.54. The highest BCUT2D eigenvalue weighted by molar-refractivity contribution is 4.85. The topological polar surface area (TPSA) is 38.7 Å². The highest BCUT2D eigenvalue weighted by Crippen LogP contribution is 2.17. The molecule has 0 bridgehead atoms. The number of aliphatic hydroxyl groups excluding tert-OH is 1. The Morgan fingerprint density at radius 2 is 2.07 bits per heavy atom. The molecule has 2 atom stereocenters. The molecule has 0 aliphatic carbocycles. The fraction of sp³-hybridized carbons (Fsp3) is 1.00. The monoisotopic (exact) mass is 215 g/mol. The van der Waals surface area contributed by atoms with Gasteiger partial charge < -0.3 is 15.3 Å². The first kappa shape index (κ1) is 12.9. The number of piperidine rings is 1. The Bertz CT molecular complexity index is 175. The second kappa shape index (κ2) is 6.43. The molecule has 0 saturated carbocycles. The standard InChI is InChI=1S/C11H25N3O/c1-13(2)9-10-4-5-12-8-11(10)14(3)6-7-15/h10-12,15H,4-9H2,1-3H3. The predicted molar refractivity (Wildman–Crippen MR) is 63.0 cm³/mol. The van der Waals surface area contributed by atoms with Crippen LogP contribution in [0, 0.1) is 5.92 Å². The smallest absolute Gasteiger partial charge is 0.0558 e. The van der Waals surface area contributed by atoms with Gasteiger partial charge in [-0.05, 0) is 40.0 Å². The third-order valence-corrected chi connectivity index (χ3v) is 3.21. The van der Waals surface area contributed by atoms with Gasteiger partial charge in [-0.1, -0.05) is 0 Å². The molecular weight excluding hydrogens is 190 g/mol. The Hall–Kier alpha value is -0.160. The zero-order valence-electron chi connectivity index (χ0n) is 10.2. The van der Waals surface area contributed by atoms with Gasteiger partial charge in [0.2, 0.25) is 0 Å². The Labute approximate surface area is 93.2 Å². The quantitative estimate of drug-likeness (QED) is 0.645. The summed E-state index contributed by atoms with van der Waals surface area (Å²) >= 11 is 0. The molecule has 0 aromatic rings. The van der Waals surface area contributed by atoms with Crippen LogP contribution in [0.5, 0.6) is 0 Å². The molecule has 1 aliphatic rings. The maximum absolute atomic E-state index is 8.96. The minimum absolute atomic E-state index is 0.252. The van der Waals surface area contributed by atoms with E-state index in [1.54, 1.807) is 0 Å². The molecule has 15 heavy (non-hydrogen) atoms. The van der Waals surface area contributed by atoms with E-state index < -0.39 is 0 Å². The maximum Gasteiger partial charge on any atom is 0.0558 e. The molecule has 1 aliphatic heterocycles. The summed E-state index contributed by atoms with van der Waals surface area (Å²) in [5.41, 5.74) is 0. The molecule has 0 aromatic heterocycles. The second-order valence-corrected chi connectivity index (χ2v) is 4.79. The molecule has 0 amide bonds. The zero-order valence-corrected chi connectivity index (χ0v) is 10.2. The van der Waals surface area contributed by atoms with Gasteiger partial charge in [-0.15, -0.1) is 0 Å². The first-order valence-corrected chi connectivity index (χ1v) is 5.81. The van der Waals surface area contributed by atoms with Crippen molar-refractivity contribution in [2.24, 2.45) is 5.92 Å². The number of nitrogens with zero attached hydrogens (tertiary/aromatic N) is 2. The zero-order chi connectivity index (χ0) is 11.3. The molecule has 1 rings (SSSR count). The largest absolute Gasteiger partial charge is 0.395 e. The van der Waals surface area contributed by atoms with Crippen molar-refractivity contribution in [1.29, 1.82) is 0 Å². The molecule has 0 radical (unpaired) electrons. The van der Waals surface area contributed by atoms with E-state index in [2.05, 4.69) is 36.3 Å². The van der Waals surface area contributed by atoms with Crippen LogP contribution in [0.3, 0.4) is 0 Å². The maximum atomic E-state index is 8.96. The summed E-state index contributed by atoms with van der Waals surface area (Å²) in [5, 5.41) is 12.4. The van der Waals surface area contributed by atoms with Crippen molar-refractivity contribution in [3.8, 4) is 0 Å². The van der Waals surface area contributed by atoms with E-state index >= 15 is 0 Å². The number of hydrogen-bond acceptors (Lipinski definition) is 4. The van der Waals surface area contributed by atoms with Crippen LogP contribution in [0.1, 0.15) is 6.42 Å². The highest BCUT2D eigenvalue weighted by Gasteiger charge is 2.27. The van der Waals surface area contributed by atoms with E-state index in [1.807, 2.05) is 0 Å². The van der Waals surface area contributed by atoms with E-state index in [1.165, 1.54) is 6.42 Å². The van der Waals surface area contributed by atoms with E-state index in [0.717, 1.165) is 32.1 Å². The minimum Gasteiger partial charge on any atom is -0.395 e. The van der Waals surface area contributed by atoms with E-state index in [0.29, 0.717) is 6.04 Å². The van der Waals surface area contributed by atoms with Crippen LogP contribution >= 0.6 is 0 Å². The van der Waals surface area contributed by atoms with Crippen molar-refractivity contribution in [1.82, 2.24) is 15.1 Å². The Morgan fingerprint density at radius 1 is 1.33 bits per heavy atom. The Morgan fingerprint density at radius 3 is 2.67 bits per heavy atom. The normalized spacial score (nSPS) is 27.6. The first-order valence-electron chi connectivity index (χ1n) is 5.81. The Balaban J connectivity index is 2.48. The van der Waals surface area contributed by atoms with Crippen LogP contribution in [0.25, 0.3) is 0 Å². The van der Waals surface area contributed by atoms with Crippen LogP contribution in [0.2, 0.25) is 0 Å². The average Bonchev–Trinajstić information content (AvgIpc) is 2.18. The lowest BCUT2D eigenvalue weighted by molar-refractivity contribution is 0.101. The van der Waals surface area contributed by atoms with Crippen LogP contribution in [0.4, 0.5) is 0 Å². The van der Waals surface area contributed by atoms with Gasteiger partial charge >= 0.3 is 0 Å². The summed E-state index contributed by atoms with van der Waals surface area (Å²) < 4.78 is 0. The molecule has 1 heterocycles. The average molecular weight is 215 g/mol. The summed E-state index contributed by atoms with van der Waals surface area (Å²) in [5.74, 6) is 0.720. The Kier molecular flexibility index (Phi) is 5.53. The lowest BCUT2D eigenvalue weighted by Gasteiger charge is -2.39. The van der Waals surface area contributed by atoms with Gasteiger partial charge in [-0.3, -0.25) is 4.90 Å². The lowest BCUT2D eigenvalue weighted by atomic mass is 9.91. The second-order valence-electron chi connectivity index (χ2n) is 4.79. The van der Waals surface area contributed by atoms with E-state index in [-0.39, 0.29) is 6.61 Å². The van der Waals surface area contributed by atoms with Crippen LogP contribution < -0.4 is 5.32 Å². The number of nitrogens with one attached hydrogen (secondary N) is 1. The van der Waals surface area contributed by atoms with Gasteiger partial charge in [0.15, 0.2) is 0 Å². The summed E-state index contributed by atoms with van der Waals surface area (Å²) in [6.45, 7) is 4.34. The number of likely N-dealkylation sites (N-methyl/N-ethyl adjacent to an activating group) is 1. The van der Waals surface area contributed by atoms with Gasteiger partial charge in [0.05, 0.1) is 6.61 Å². The molecule has 2 unspecified atom stereocenters. The third kappa shape index (κ3) is 4.07. The van der Waals surface area contributed by atoms with Crippen molar-refractivity contribution < 1.29 is 5.11 Å². The van der Waals surface area contributed by atoms with Crippen LogP contribution in [0.15, 0.2) is 0 Å². The number of rotatable bonds is 5. The van der Waals surface area contributed by atoms with Crippen molar-refractivity contribution in [2.75, 3.05) is 53.9 Å². The molecular formula is C11H25N3O. The summed E-state index contributed by atoms with van der Waals surface area (Å²) in [6, 6.07) is 0.563. The molecule has 0 spiro atoms. The van der Waals surface area contributed by atoms with Gasteiger partial charge in [0.25, 0.3) is 0 Å². The van der Waals surface area contributed by atoms with Crippen molar-refractivity contribution >= 4 is 0 Å². The molecule has 1 fully saturated rings. The van der Waals surface area contributed by atoms with Crippen molar-refractivity contribution in [3.63, 3.8) is 0 Å². The fourth-order valence-corrected chi connectivity index (χ4v) is 2.42. The minimum atomic E-state index is 0.252. The predicted octanol–water partition coefficient (Wildman–Crippen LogP) is -0.550. The summed E-state index contributed by atoms with van der Waals surface area (Å²) in [7, 11) is 6.37. The van der Waals surface area contributed by atoms with Crippen molar-refractivity contribution in [2.45, 2.75) is 12.5 Å². The summed E-state index contributed by atoms with van der Waals surface area (Å²) in [6.07, 6.45) is 1.23.